The maximum Gasteiger partial charge on any atom is 0.263 e. The molecule has 3 rings (SSSR count). The molecule has 2 N–H and O–H groups in total. The van der Waals surface area contributed by atoms with Crippen molar-refractivity contribution < 1.29 is 14.3 Å². The maximum atomic E-state index is 12.9. The number of thiazole rings is 1. The van der Waals surface area contributed by atoms with Gasteiger partial charge in [0.15, 0.2) is 0 Å². The molecule has 0 aliphatic heterocycles. The molecule has 1 amide bonds. The lowest BCUT2D eigenvalue weighted by Gasteiger charge is -2.28. The second-order valence-electron chi connectivity index (χ2n) is 5.85. The van der Waals surface area contributed by atoms with Crippen LogP contribution in [0.25, 0.3) is 0 Å². The van der Waals surface area contributed by atoms with Crippen LogP contribution in [0.15, 0.2) is 30.5 Å². The number of amides is 1. The van der Waals surface area contributed by atoms with E-state index >= 15 is 0 Å². The van der Waals surface area contributed by atoms with Crippen molar-refractivity contribution in [3.63, 3.8) is 0 Å². The molecule has 0 spiro atoms. The fourth-order valence-electron chi connectivity index (χ4n) is 2.79. The molecule has 2 aromatic rings. The molecule has 1 aromatic heterocycles. The van der Waals surface area contributed by atoms with Gasteiger partial charge in [-0.05, 0) is 30.5 Å². The molecule has 1 heterocycles. The third-order valence-electron chi connectivity index (χ3n) is 4.09. The van der Waals surface area contributed by atoms with Crippen LogP contribution in [0.1, 0.15) is 45.9 Å². The van der Waals surface area contributed by atoms with Gasteiger partial charge in [0, 0.05) is 6.42 Å². The Morgan fingerprint density at radius 2 is 2.04 bits per heavy atom. The van der Waals surface area contributed by atoms with E-state index in [0.29, 0.717) is 11.3 Å². The number of hydrogen-bond acceptors (Lipinski definition) is 4. The number of hydrogen-bond donors (Lipinski definition) is 2. The fourth-order valence-corrected chi connectivity index (χ4v) is 3.65. The number of halogens is 1. The third-order valence-corrected chi connectivity index (χ3v) is 5.09. The van der Waals surface area contributed by atoms with Crippen molar-refractivity contribution in [2.45, 2.75) is 44.2 Å². The summed E-state index contributed by atoms with van der Waals surface area (Å²) in [7, 11) is 0. The molecule has 2 atom stereocenters. The van der Waals surface area contributed by atoms with E-state index in [2.05, 4.69) is 10.3 Å². The molecule has 0 saturated heterocycles. The number of carbonyl (C=O) groups excluding carboxylic acids is 1. The van der Waals surface area contributed by atoms with E-state index in [9.17, 15) is 14.3 Å². The SMILES string of the molecule is O=C(NC1CCCCC1O)c1cnc(Cc2ccc(F)cc2)s1. The first-order chi connectivity index (χ1) is 11.1. The Morgan fingerprint density at radius 1 is 1.30 bits per heavy atom. The van der Waals surface area contributed by atoms with Gasteiger partial charge in [0.1, 0.15) is 10.7 Å². The highest BCUT2D eigenvalue weighted by Gasteiger charge is 2.25. The van der Waals surface area contributed by atoms with Crippen LogP contribution >= 0.6 is 11.3 Å². The van der Waals surface area contributed by atoms with Crippen molar-refractivity contribution in [2.75, 3.05) is 0 Å². The van der Waals surface area contributed by atoms with Crippen LogP contribution in [0.5, 0.6) is 0 Å². The molecule has 4 nitrogen and oxygen atoms in total. The summed E-state index contributed by atoms with van der Waals surface area (Å²) in [6.07, 6.45) is 5.27. The van der Waals surface area contributed by atoms with E-state index in [1.807, 2.05) is 0 Å². The normalized spacial score (nSPS) is 21.1. The van der Waals surface area contributed by atoms with Gasteiger partial charge in [0.2, 0.25) is 0 Å². The van der Waals surface area contributed by atoms with Crippen molar-refractivity contribution in [3.05, 3.63) is 51.7 Å². The molecule has 1 saturated carbocycles. The van der Waals surface area contributed by atoms with Crippen LogP contribution < -0.4 is 5.32 Å². The summed E-state index contributed by atoms with van der Waals surface area (Å²) in [5.74, 6) is -0.446. The van der Waals surface area contributed by atoms with E-state index < -0.39 is 6.10 Å². The number of nitrogens with one attached hydrogen (secondary N) is 1. The molecule has 0 radical (unpaired) electrons. The van der Waals surface area contributed by atoms with Gasteiger partial charge in [-0.25, -0.2) is 9.37 Å². The van der Waals surface area contributed by atoms with E-state index in [4.69, 9.17) is 0 Å². The lowest BCUT2D eigenvalue weighted by molar-refractivity contribution is 0.0720. The summed E-state index contributed by atoms with van der Waals surface area (Å²) < 4.78 is 12.9. The number of nitrogens with zero attached hydrogens (tertiary/aromatic N) is 1. The van der Waals surface area contributed by atoms with Gasteiger partial charge in [-0.2, -0.15) is 0 Å². The smallest absolute Gasteiger partial charge is 0.263 e. The van der Waals surface area contributed by atoms with E-state index in [-0.39, 0.29) is 17.8 Å². The van der Waals surface area contributed by atoms with Crippen LogP contribution in [0.2, 0.25) is 0 Å². The molecule has 1 aliphatic rings. The first kappa shape index (κ1) is 16.1. The van der Waals surface area contributed by atoms with E-state index in [1.165, 1.54) is 23.5 Å². The standard InChI is InChI=1S/C17H19FN2O2S/c18-12-7-5-11(6-8-12)9-16-19-10-15(23-16)17(22)20-13-3-1-2-4-14(13)21/h5-8,10,13-14,21H,1-4,9H2,(H,20,22). The number of carbonyl (C=O) groups is 1. The van der Waals surface area contributed by atoms with Crippen LogP contribution in [0, 0.1) is 5.82 Å². The first-order valence-corrected chi connectivity index (χ1v) is 8.61. The quantitative estimate of drug-likeness (QED) is 0.904. The van der Waals surface area contributed by atoms with Crippen LogP contribution in [0.3, 0.4) is 0 Å². The van der Waals surface area contributed by atoms with Gasteiger partial charge in [0.25, 0.3) is 5.91 Å². The Morgan fingerprint density at radius 3 is 2.78 bits per heavy atom. The summed E-state index contributed by atoms with van der Waals surface area (Å²) in [5, 5.41) is 13.6. The molecule has 0 bridgehead atoms. The summed E-state index contributed by atoms with van der Waals surface area (Å²) in [6, 6.07) is 6.10. The molecule has 122 valence electrons. The summed E-state index contributed by atoms with van der Waals surface area (Å²) in [5.41, 5.74) is 0.954. The highest BCUT2D eigenvalue weighted by molar-refractivity contribution is 7.13. The topological polar surface area (TPSA) is 62.2 Å². The van der Waals surface area contributed by atoms with Gasteiger partial charge >= 0.3 is 0 Å². The number of benzene rings is 1. The number of aromatic nitrogens is 1. The maximum absolute atomic E-state index is 12.9. The van der Waals surface area contributed by atoms with E-state index in [0.717, 1.165) is 36.3 Å². The second-order valence-corrected chi connectivity index (χ2v) is 6.97. The summed E-state index contributed by atoms with van der Waals surface area (Å²) in [4.78, 5) is 17.1. The molecule has 23 heavy (non-hydrogen) atoms. The van der Waals surface area contributed by atoms with Crippen LogP contribution in [-0.4, -0.2) is 28.1 Å². The predicted octanol–water partition coefficient (Wildman–Crippen LogP) is 2.91. The van der Waals surface area contributed by atoms with Gasteiger partial charge in [0.05, 0.1) is 23.4 Å². The minimum atomic E-state index is -0.459. The minimum absolute atomic E-state index is 0.168. The van der Waals surface area contributed by atoms with Crippen LogP contribution in [0.4, 0.5) is 4.39 Å². The fraction of sp³-hybridized carbons (Fsp3) is 0.412. The van der Waals surface area contributed by atoms with Gasteiger partial charge in [-0.1, -0.05) is 25.0 Å². The molecule has 1 fully saturated rings. The van der Waals surface area contributed by atoms with Gasteiger partial charge in [-0.15, -0.1) is 11.3 Å². The average Bonchev–Trinajstić information content (AvgIpc) is 3.00. The third kappa shape index (κ3) is 4.14. The Hall–Kier alpha value is -1.79. The Kier molecular flexibility index (Phi) is 5.03. The average molecular weight is 334 g/mol. The Bertz CT molecular complexity index is 671. The molecule has 6 heteroatoms. The largest absolute Gasteiger partial charge is 0.391 e. The predicted molar refractivity (Wildman–Crippen MR) is 87.0 cm³/mol. The summed E-state index contributed by atoms with van der Waals surface area (Å²) in [6.45, 7) is 0. The van der Waals surface area contributed by atoms with Crippen molar-refractivity contribution in [1.82, 2.24) is 10.3 Å². The van der Waals surface area contributed by atoms with Crippen molar-refractivity contribution in [2.24, 2.45) is 0 Å². The zero-order valence-corrected chi connectivity index (χ0v) is 13.5. The molecule has 1 aromatic carbocycles. The molecular formula is C17H19FN2O2S. The van der Waals surface area contributed by atoms with E-state index in [1.54, 1.807) is 18.3 Å². The lowest BCUT2D eigenvalue weighted by Crippen LogP contribution is -2.44. The first-order valence-electron chi connectivity index (χ1n) is 7.80. The Balaban J connectivity index is 1.61. The van der Waals surface area contributed by atoms with Crippen molar-refractivity contribution >= 4 is 17.2 Å². The number of aliphatic hydroxyl groups excluding tert-OH is 1. The Labute approximate surface area is 138 Å². The summed E-state index contributed by atoms with van der Waals surface area (Å²) >= 11 is 1.33. The molecule has 1 aliphatic carbocycles. The zero-order valence-electron chi connectivity index (χ0n) is 12.7. The highest BCUT2D eigenvalue weighted by atomic mass is 32.1. The van der Waals surface area contributed by atoms with Gasteiger partial charge < -0.3 is 10.4 Å². The lowest BCUT2D eigenvalue weighted by atomic mass is 9.92. The zero-order chi connectivity index (χ0) is 16.2. The minimum Gasteiger partial charge on any atom is -0.391 e. The van der Waals surface area contributed by atoms with Crippen molar-refractivity contribution in [1.29, 1.82) is 0 Å². The van der Waals surface area contributed by atoms with Gasteiger partial charge in [-0.3, -0.25) is 4.79 Å². The monoisotopic (exact) mass is 334 g/mol. The second kappa shape index (κ2) is 7.19. The van der Waals surface area contributed by atoms with Crippen molar-refractivity contribution in [3.8, 4) is 0 Å². The van der Waals surface area contributed by atoms with Crippen LogP contribution in [-0.2, 0) is 6.42 Å². The molecular weight excluding hydrogens is 315 g/mol. The number of aliphatic hydroxyl groups is 1. The highest BCUT2D eigenvalue weighted by Crippen LogP contribution is 2.21. The molecule has 2 unspecified atom stereocenters. The number of rotatable bonds is 4.